The van der Waals surface area contributed by atoms with Crippen molar-refractivity contribution in [2.24, 2.45) is 0 Å². The van der Waals surface area contributed by atoms with Crippen LogP contribution in [0.4, 0.5) is 5.69 Å². The minimum absolute atomic E-state index is 0.277. The molecular weight excluding hydrogens is 388 g/mol. The van der Waals surface area contributed by atoms with Crippen molar-refractivity contribution >= 4 is 29.0 Å². The third kappa shape index (κ3) is 4.05. The van der Waals surface area contributed by atoms with Gasteiger partial charge in [0.25, 0.3) is 0 Å². The number of thiocarbonyl (C=S) groups is 1. The highest BCUT2D eigenvalue weighted by molar-refractivity contribution is 7.80. The molecule has 0 unspecified atom stereocenters. The second-order valence-corrected chi connectivity index (χ2v) is 6.77. The van der Waals surface area contributed by atoms with Crippen molar-refractivity contribution in [1.29, 1.82) is 0 Å². The van der Waals surface area contributed by atoms with Crippen LogP contribution in [0.25, 0.3) is 0 Å². The van der Waals surface area contributed by atoms with E-state index < -0.39 is 12.0 Å². The molecule has 0 bridgehead atoms. The fraction of sp³-hybridized carbons (Fsp3) is 0.273. The average molecular weight is 413 g/mol. The first kappa shape index (κ1) is 20.7. The highest BCUT2D eigenvalue weighted by Gasteiger charge is 2.36. The highest BCUT2D eigenvalue weighted by Crippen LogP contribution is 2.38. The van der Waals surface area contributed by atoms with Crippen molar-refractivity contribution in [3.63, 3.8) is 0 Å². The molecule has 0 saturated heterocycles. The van der Waals surface area contributed by atoms with Crippen LogP contribution in [0.5, 0.6) is 11.5 Å². The number of anilines is 1. The topological polar surface area (TPSA) is 60.0 Å². The SMILES string of the molecule is CCOC(=O)C1=C(C)N(c2ccccc2OC)C(=S)N[C@@H]1c1cccc(OC)c1. The molecule has 2 aromatic carbocycles. The molecule has 1 atom stereocenters. The number of ether oxygens (including phenoxy) is 3. The normalized spacial score (nSPS) is 16.3. The number of methoxy groups -OCH3 is 2. The summed E-state index contributed by atoms with van der Waals surface area (Å²) < 4.78 is 16.2. The molecular formula is C22H24N2O4S. The van der Waals surface area contributed by atoms with Crippen LogP contribution >= 0.6 is 12.2 Å². The van der Waals surface area contributed by atoms with Crippen LogP contribution in [0.1, 0.15) is 25.5 Å². The van der Waals surface area contributed by atoms with Crippen LogP contribution in [-0.4, -0.2) is 31.9 Å². The summed E-state index contributed by atoms with van der Waals surface area (Å²) in [5.74, 6) is 0.954. The Kier molecular flexibility index (Phi) is 6.39. The van der Waals surface area contributed by atoms with E-state index in [4.69, 9.17) is 26.4 Å². The molecule has 0 amide bonds. The Hall–Kier alpha value is -3.06. The second-order valence-electron chi connectivity index (χ2n) is 6.39. The zero-order chi connectivity index (χ0) is 21.0. The van der Waals surface area contributed by atoms with Gasteiger partial charge in [-0.15, -0.1) is 0 Å². The van der Waals surface area contributed by atoms with Gasteiger partial charge in [-0.05, 0) is 55.9 Å². The lowest BCUT2D eigenvalue weighted by molar-refractivity contribution is -0.139. The molecule has 29 heavy (non-hydrogen) atoms. The van der Waals surface area contributed by atoms with E-state index in [-0.39, 0.29) is 6.61 Å². The van der Waals surface area contributed by atoms with Crippen molar-refractivity contribution in [2.75, 3.05) is 25.7 Å². The minimum atomic E-state index is -0.456. The van der Waals surface area contributed by atoms with Crippen molar-refractivity contribution < 1.29 is 19.0 Å². The summed E-state index contributed by atoms with van der Waals surface area (Å²) in [4.78, 5) is 14.7. The molecule has 0 aliphatic carbocycles. The van der Waals surface area contributed by atoms with E-state index in [0.717, 1.165) is 11.3 Å². The summed E-state index contributed by atoms with van der Waals surface area (Å²) >= 11 is 5.68. The van der Waals surface area contributed by atoms with Gasteiger partial charge in [-0.1, -0.05) is 24.3 Å². The molecule has 1 aliphatic heterocycles. The van der Waals surface area contributed by atoms with Crippen LogP contribution in [0.15, 0.2) is 59.8 Å². The Bertz CT molecular complexity index is 957. The number of carbonyl (C=O) groups is 1. The fourth-order valence-electron chi connectivity index (χ4n) is 3.39. The standard InChI is InChI=1S/C22H24N2O4S/c1-5-28-21(25)19-14(2)24(17-11-6-7-12-18(17)27-4)22(29)23-20(19)15-9-8-10-16(13-15)26-3/h6-13,20H,5H2,1-4H3,(H,23,29)/t20-/m1/s1. The Morgan fingerprint density at radius 1 is 1.14 bits per heavy atom. The maximum absolute atomic E-state index is 12.9. The number of nitrogens with zero attached hydrogens (tertiary/aromatic N) is 1. The molecule has 152 valence electrons. The lowest BCUT2D eigenvalue weighted by Gasteiger charge is -2.38. The van der Waals surface area contributed by atoms with E-state index in [1.165, 1.54) is 0 Å². The van der Waals surface area contributed by atoms with Gasteiger partial charge >= 0.3 is 5.97 Å². The maximum Gasteiger partial charge on any atom is 0.338 e. The number of carbonyl (C=O) groups excluding carboxylic acids is 1. The number of hydrogen-bond acceptors (Lipinski definition) is 5. The summed E-state index contributed by atoms with van der Waals surface area (Å²) in [6.07, 6.45) is 0. The molecule has 2 aromatic rings. The number of nitrogens with one attached hydrogen (secondary N) is 1. The molecule has 0 radical (unpaired) electrons. The van der Waals surface area contributed by atoms with Crippen molar-refractivity contribution in [3.05, 3.63) is 65.4 Å². The average Bonchev–Trinajstić information content (AvgIpc) is 2.73. The Morgan fingerprint density at radius 2 is 1.90 bits per heavy atom. The highest BCUT2D eigenvalue weighted by atomic mass is 32.1. The van der Waals surface area contributed by atoms with E-state index in [0.29, 0.717) is 27.9 Å². The molecule has 1 heterocycles. The molecule has 0 spiro atoms. The number of hydrogen-bond donors (Lipinski definition) is 1. The zero-order valence-electron chi connectivity index (χ0n) is 16.9. The van der Waals surface area contributed by atoms with Gasteiger partial charge in [0, 0.05) is 5.70 Å². The number of para-hydroxylation sites is 2. The smallest absolute Gasteiger partial charge is 0.338 e. The van der Waals surface area contributed by atoms with Crippen LogP contribution in [-0.2, 0) is 9.53 Å². The molecule has 1 N–H and O–H groups in total. The third-order valence-corrected chi connectivity index (χ3v) is 5.03. The van der Waals surface area contributed by atoms with Crippen molar-refractivity contribution in [2.45, 2.75) is 19.9 Å². The monoisotopic (exact) mass is 412 g/mol. The van der Waals surface area contributed by atoms with E-state index in [9.17, 15) is 4.79 Å². The van der Waals surface area contributed by atoms with Crippen LogP contribution in [0.3, 0.4) is 0 Å². The minimum Gasteiger partial charge on any atom is -0.497 e. The first-order valence-corrected chi connectivity index (χ1v) is 9.68. The fourth-order valence-corrected chi connectivity index (χ4v) is 3.75. The lowest BCUT2D eigenvalue weighted by atomic mass is 9.94. The third-order valence-electron chi connectivity index (χ3n) is 4.73. The van der Waals surface area contributed by atoms with Crippen LogP contribution in [0, 0.1) is 0 Å². The quantitative estimate of drug-likeness (QED) is 0.569. The van der Waals surface area contributed by atoms with E-state index in [2.05, 4.69) is 5.32 Å². The summed E-state index contributed by atoms with van der Waals surface area (Å²) in [5, 5.41) is 3.76. The van der Waals surface area contributed by atoms with Crippen LogP contribution < -0.4 is 19.7 Å². The Balaban J connectivity index is 2.16. The van der Waals surface area contributed by atoms with Crippen molar-refractivity contribution in [3.8, 4) is 11.5 Å². The summed E-state index contributed by atoms with van der Waals surface area (Å²) in [6, 6.07) is 14.6. The molecule has 1 aliphatic rings. The number of esters is 1. The van der Waals surface area contributed by atoms with Crippen LogP contribution in [0.2, 0.25) is 0 Å². The Morgan fingerprint density at radius 3 is 2.59 bits per heavy atom. The zero-order valence-corrected chi connectivity index (χ0v) is 17.7. The summed E-state index contributed by atoms with van der Waals surface area (Å²) in [7, 11) is 3.21. The van der Waals surface area contributed by atoms with E-state index >= 15 is 0 Å². The summed E-state index contributed by atoms with van der Waals surface area (Å²) in [5.41, 5.74) is 2.77. The second kappa shape index (κ2) is 8.96. The summed E-state index contributed by atoms with van der Waals surface area (Å²) in [6.45, 7) is 3.92. The predicted octanol–water partition coefficient (Wildman–Crippen LogP) is 3.98. The van der Waals surface area contributed by atoms with Crippen molar-refractivity contribution in [1.82, 2.24) is 5.32 Å². The molecule has 0 saturated carbocycles. The van der Waals surface area contributed by atoms with Gasteiger partial charge in [0.05, 0.1) is 38.1 Å². The lowest BCUT2D eigenvalue weighted by Crippen LogP contribution is -2.48. The molecule has 7 heteroatoms. The van der Waals surface area contributed by atoms with Gasteiger partial charge in [0.1, 0.15) is 11.5 Å². The molecule has 3 rings (SSSR count). The molecule has 0 aromatic heterocycles. The molecule has 0 fully saturated rings. The first-order chi connectivity index (χ1) is 14.0. The Labute approximate surface area is 176 Å². The molecule has 6 nitrogen and oxygen atoms in total. The van der Waals surface area contributed by atoms with Gasteiger partial charge < -0.3 is 19.5 Å². The first-order valence-electron chi connectivity index (χ1n) is 9.27. The maximum atomic E-state index is 12.9. The van der Waals surface area contributed by atoms with Gasteiger partial charge in [0.15, 0.2) is 5.11 Å². The number of benzene rings is 2. The van der Waals surface area contributed by atoms with Gasteiger partial charge in [0.2, 0.25) is 0 Å². The van der Waals surface area contributed by atoms with Gasteiger partial charge in [-0.2, -0.15) is 0 Å². The number of rotatable bonds is 6. The largest absolute Gasteiger partial charge is 0.497 e. The van der Waals surface area contributed by atoms with Gasteiger partial charge in [-0.25, -0.2) is 4.79 Å². The van der Waals surface area contributed by atoms with E-state index in [1.807, 2.05) is 55.5 Å². The predicted molar refractivity (Wildman–Crippen MR) is 116 cm³/mol. The van der Waals surface area contributed by atoms with Gasteiger partial charge in [-0.3, -0.25) is 4.90 Å². The number of allylic oxidation sites excluding steroid dienone is 1. The van der Waals surface area contributed by atoms with E-state index in [1.54, 1.807) is 26.0 Å².